The van der Waals surface area contributed by atoms with Crippen LogP contribution in [0.2, 0.25) is 0 Å². The van der Waals surface area contributed by atoms with Gasteiger partial charge in [-0.05, 0) is 60.9 Å². The van der Waals surface area contributed by atoms with Gasteiger partial charge < -0.3 is 24.0 Å². The lowest BCUT2D eigenvalue weighted by Crippen LogP contribution is -2.32. The number of ether oxygens (including phenoxy) is 2. The summed E-state index contributed by atoms with van der Waals surface area (Å²) in [6, 6.07) is 17.1. The summed E-state index contributed by atoms with van der Waals surface area (Å²) in [6.07, 6.45) is 10.2. The van der Waals surface area contributed by atoms with E-state index in [2.05, 4.69) is 52.0 Å². The Bertz CT molecular complexity index is 1880. The molecule has 6 heterocycles. The molecule has 7 rings (SSSR count). The number of hydrogen-bond acceptors (Lipinski definition) is 7. The number of aryl methyl sites for hydroxylation is 1. The van der Waals surface area contributed by atoms with Crippen LogP contribution >= 0.6 is 0 Å². The van der Waals surface area contributed by atoms with Crippen molar-refractivity contribution in [1.29, 1.82) is 0 Å². The zero-order valence-corrected chi connectivity index (χ0v) is 23.9. The predicted octanol–water partition coefficient (Wildman–Crippen LogP) is 5.12. The fourth-order valence-electron chi connectivity index (χ4n) is 5.51. The van der Waals surface area contributed by atoms with Gasteiger partial charge in [0.2, 0.25) is 5.88 Å². The van der Waals surface area contributed by atoms with Crippen LogP contribution in [0.1, 0.15) is 46.5 Å². The zero-order chi connectivity index (χ0) is 29.3. The molecule has 4 aromatic heterocycles. The van der Waals surface area contributed by atoms with E-state index in [1.54, 1.807) is 18.2 Å². The largest absolute Gasteiger partial charge is 0.478 e. The number of allylic oxidation sites excluding steroid dienone is 2. The first-order valence-electron chi connectivity index (χ1n) is 14.6. The molecular formula is C33H32N6O4. The van der Waals surface area contributed by atoms with Gasteiger partial charge >= 0.3 is 5.97 Å². The fraction of sp³-hybridized carbons (Fsp3) is 0.273. The van der Waals surface area contributed by atoms with Crippen LogP contribution in [-0.2, 0) is 30.9 Å². The topological polar surface area (TPSA) is 107 Å². The Morgan fingerprint density at radius 3 is 2.79 bits per heavy atom. The number of rotatable bonds is 10. The number of carboxylic acid groups (broad SMARTS) is 1. The van der Waals surface area contributed by atoms with Crippen LogP contribution in [0.4, 0.5) is 0 Å². The van der Waals surface area contributed by atoms with Crippen LogP contribution in [0.25, 0.3) is 22.1 Å². The molecule has 0 unspecified atom stereocenters. The average molecular weight is 577 g/mol. The summed E-state index contributed by atoms with van der Waals surface area (Å²) in [6.45, 7) is 5.18. The van der Waals surface area contributed by atoms with Gasteiger partial charge in [0.15, 0.2) is 0 Å². The van der Waals surface area contributed by atoms with Crippen LogP contribution in [-0.4, -0.2) is 59.4 Å². The molecule has 0 amide bonds. The number of aromatic carboxylic acids is 1. The first-order valence-corrected chi connectivity index (χ1v) is 14.6. The molecule has 10 nitrogen and oxygen atoms in total. The molecule has 43 heavy (non-hydrogen) atoms. The smallest absolute Gasteiger partial charge is 0.335 e. The number of aromatic nitrogens is 5. The van der Waals surface area contributed by atoms with E-state index >= 15 is 0 Å². The lowest BCUT2D eigenvalue weighted by Gasteiger charge is -2.28. The van der Waals surface area contributed by atoms with E-state index in [0.717, 1.165) is 64.3 Å². The minimum Gasteiger partial charge on any atom is -0.478 e. The summed E-state index contributed by atoms with van der Waals surface area (Å²) in [4.78, 5) is 23.4. The van der Waals surface area contributed by atoms with E-state index in [9.17, 15) is 9.90 Å². The molecular weight excluding hydrogens is 544 g/mol. The molecule has 1 atom stereocenters. The number of hydrogen-bond donors (Lipinski definition) is 1. The first kappa shape index (κ1) is 26.9. The van der Waals surface area contributed by atoms with Crippen molar-refractivity contribution in [2.45, 2.75) is 45.6 Å². The SMILES string of the molecule is CCc1cc2c(COc3cccc(C4=CCN(Cc5nc6ccc(C(=O)O)cc6n5C[C@@H]5CCO5)C=C4)n3)cccn2n1. The van der Waals surface area contributed by atoms with Crippen LogP contribution in [0.15, 0.2) is 79.1 Å². The van der Waals surface area contributed by atoms with E-state index in [4.69, 9.17) is 19.4 Å². The molecule has 5 aromatic rings. The van der Waals surface area contributed by atoms with Gasteiger partial charge in [-0.25, -0.2) is 19.3 Å². The molecule has 0 saturated carbocycles. The monoisotopic (exact) mass is 576 g/mol. The normalized spacial score (nSPS) is 16.4. The van der Waals surface area contributed by atoms with Gasteiger partial charge in [0.05, 0.1) is 52.7 Å². The Balaban J connectivity index is 1.05. The van der Waals surface area contributed by atoms with E-state index in [1.807, 2.05) is 35.0 Å². The van der Waals surface area contributed by atoms with Crippen molar-refractivity contribution < 1.29 is 19.4 Å². The Kier molecular flexibility index (Phi) is 7.12. The van der Waals surface area contributed by atoms with Gasteiger partial charge in [-0.3, -0.25) is 0 Å². The molecule has 0 bridgehead atoms. The molecule has 0 aliphatic carbocycles. The highest BCUT2D eigenvalue weighted by Crippen LogP contribution is 2.26. The van der Waals surface area contributed by atoms with Gasteiger partial charge in [0, 0.05) is 37.2 Å². The Morgan fingerprint density at radius 1 is 1.12 bits per heavy atom. The summed E-state index contributed by atoms with van der Waals surface area (Å²) in [5.74, 6) is 0.499. The number of carbonyl (C=O) groups is 1. The average Bonchev–Trinajstić information content (AvgIpc) is 3.59. The summed E-state index contributed by atoms with van der Waals surface area (Å²) < 4.78 is 15.8. The standard InChI is InChI=1S/C33H32N6O4/c1-2-25-18-29-24(5-4-13-39(29)36-25)21-43-32-7-3-6-27(35-32)22-10-14-37(15-11-22)20-31-34-28-9-8-23(33(40)41)17-30(28)38(31)19-26-12-16-42-26/h3-11,13-14,17-18,26H,2,12,15-16,19-21H2,1H3,(H,40,41)/t26-/m0/s1. The number of imidazole rings is 1. The lowest BCUT2D eigenvalue weighted by molar-refractivity contribution is -0.0591. The molecule has 1 N–H and O–H groups in total. The van der Waals surface area contributed by atoms with Crippen molar-refractivity contribution in [2.75, 3.05) is 13.2 Å². The highest BCUT2D eigenvalue weighted by molar-refractivity contribution is 5.92. The molecule has 2 aliphatic heterocycles. The Hall–Kier alpha value is -4.96. The molecule has 1 aromatic carbocycles. The van der Waals surface area contributed by atoms with Gasteiger partial charge in [-0.1, -0.05) is 25.1 Å². The quantitative estimate of drug-likeness (QED) is 0.244. The summed E-state index contributed by atoms with van der Waals surface area (Å²) in [5.41, 5.74) is 6.88. The number of fused-ring (bicyclic) bond motifs is 2. The van der Waals surface area contributed by atoms with Gasteiger partial charge in [0.1, 0.15) is 12.4 Å². The molecule has 1 saturated heterocycles. The lowest BCUT2D eigenvalue weighted by atomic mass is 10.1. The number of pyridine rings is 2. The number of carboxylic acids is 1. The molecule has 1 fully saturated rings. The summed E-state index contributed by atoms with van der Waals surface area (Å²) in [7, 11) is 0. The zero-order valence-electron chi connectivity index (χ0n) is 23.9. The third-order valence-electron chi connectivity index (χ3n) is 8.01. The minimum absolute atomic E-state index is 0.121. The highest BCUT2D eigenvalue weighted by Gasteiger charge is 2.23. The maximum Gasteiger partial charge on any atom is 0.335 e. The second-order valence-corrected chi connectivity index (χ2v) is 10.8. The Labute approximate surface area is 248 Å². The van der Waals surface area contributed by atoms with Crippen LogP contribution in [0, 0.1) is 0 Å². The number of benzene rings is 1. The van der Waals surface area contributed by atoms with Crippen molar-refractivity contribution in [3.05, 3.63) is 107 Å². The summed E-state index contributed by atoms with van der Waals surface area (Å²) >= 11 is 0. The van der Waals surface area contributed by atoms with Crippen LogP contribution in [0.3, 0.4) is 0 Å². The molecule has 218 valence electrons. The second kappa shape index (κ2) is 11.4. The van der Waals surface area contributed by atoms with Crippen molar-refractivity contribution in [3.63, 3.8) is 0 Å². The predicted molar refractivity (Wildman–Crippen MR) is 162 cm³/mol. The molecule has 10 heteroatoms. The van der Waals surface area contributed by atoms with Crippen LogP contribution < -0.4 is 4.74 Å². The molecule has 0 spiro atoms. The van der Waals surface area contributed by atoms with E-state index < -0.39 is 5.97 Å². The van der Waals surface area contributed by atoms with Gasteiger partial charge in [-0.2, -0.15) is 5.10 Å². The fourth-order valence-corrected chi connectivity index (χ4v) is 5.51. The third kappa shape index (κ3) is 5.49. The molecule has 2 aliphatic rings. The van der Waals surface area contributed by atoms with Gasteiger partial charge in [-0.15, -0.1) is 0 Å². The van der Waals surface area contributed by atoms with Gasteiger partial charge in [0.25, 0.3) is 0 Å². The number of nitrogens with zero attached hydrogens (tertiary/aromatic N) is 6. The van der Waals surface area contributed by atoms with Crippen LogP contribution in [0.5, 0.6) is 5.88 Å². The minimum atomic E-state index is -0.947. The van der Waals surface area contributed by atoms with Crippen molar-refractivity contribution in [2.24, 2.45) is 0 Å². The highest BCUT2D eigenvalue weighted by atomic mass is 16.5. The maximum atomic E-state index is 11.6. The summed E-state index contributed by atoms with van der Waals surface area (Å²) in [5, 5.41) is 14.1. The van der Waals surface area contributed by atoms with Crippen molar-refractivity contribution in [3.8, 4) is 5.88 Å². The van der Waals surface area contributed by atoms with E-state index in [1.165, 1.54) is 0 Å². The van der Waals surface area contributed by atoms with Crippen molar-refractivity contribution in [1.82, 2.24) is 29.0 Å². The molecule has 0 radical (unpaired) electrons. The Morgan fingerprint density at radius 2 is 2.02 bits per heavy atom. The second-order valence-electron chi connectivity index (χ2n) is 10.8. The maximum absolute atomic E-state index is 11.6. The third-order valence-corrected chi connectivity index (χ3v) is 8.01. The van der Waals surface area contributed by atoms with Crippen molar-refractivity contribution >= 4 is 28.1 Å². The first-order chi connectivity index (χ1) is 21.0. The van der Waals surface area contributed by atoms with E-state index in [0.29, 0.717) is 32.1 Å². The van der Waals surface area contributed by atoms with E-state index in [-0.39, 0.29) is 11.7 Å².